The first kappa shape index (κ1) is 76.4. The summed E-state index contributed by atoms with van der Waals surface area (Å²) < 4.78 is 62.8. The molecule has 5 nitrogen and oxygen atoms in total. The number of rotatable bonds is 9. The summed E-state index contributed by atoms with van der Waals surface area (Å²) in [6, 6.07) is 157. The third kappa shape index (κ3) is 11.7. The highest BCUT2D eigenvalue weighted by Crippen LogP contribution is 2.54. The SMILES string of the molecule is O=P(c1ccccc1)(c1ccccc1)c1cc2oc3c(ccc4c5ccccc5c5ccccc5c43)c2c2ccccc12.O=P(c1ccccc1)(c1ccccc1)c1cc2oc3ccc4c5ccccc5c5ccccc5c4c3c2c2ccccc12.O=P(c1ccccc1)(c1ccccc1)c1cc2sc3cc4c5ccccc5c5ccccc5c4cc3c2c2ccccc12. The molecule has 0 aliphatic rings. The van der Waals surface area contributed by atoms with Gasteiger partial charge in [0.1, 0.15) is 22.3 Å². The highest BCUT2D eigenvalue weighted by molar-refractivity contribution is 7.86. The number of benzene rings is 24. The van der Waals surface area contributed by atoms with Crippen LogP contribution in [0.15, 0.2) is 464 Å². The summed E-state index contributed by atoms with van der Waals surface area (Å²) >= 11 is 1.80. The fourth-order valence-electron chi connectivity index (χ4n) is 21.1. The summed E-state index contributed by atoms with van der Waals surface area (Å²) in [5, 5.41) is 42.6. The summed E-state index contributed by atoms with van der Waals surface area (Å²) in [7, 11) is -9.67. The van der Waals surface area contributed by atoms with E-state index >= 15 is 13.7 Å². The third-order valence-corrected chi connectivity index (χ3v) is 37.1. The smallest absolute Gasteiger partial charge is 0.171 e. The van der Waals surface area contributed by atoms with Crippen LogP contribution in [0.5, 0.6) is 0 Å². The van der Waals surface area contributed by atoms with E-state index in [-0.39, 0.29) is 0 Å². The van der Waals surface area contributed by atoms with E-state index in [4.69, 9.17) is 8.83 Å². The minimum absolute atomic E-state index is 0.750. The maximum absolute atomic E-state index is 15.6. The Morgan fingerprint density at radius 3 is 0.791 bits per heavy atom. The van der Waals surface area contributed by atoms with Gasteiger partial charge in [-0.05, 0) is 167 Å². The van der Waals surface area contributed by atoms with E-state index in [1.807, 2.05) is 206 Å². The van der Waals surface area contributed by atoms with Gasteiger partial charge >= 0.3 is 0 Å². The molecule has 3 aromatic heterocycles. The van der Waals surface area contributed by atoms with Gasteiger partial charge in [-0.15, -0.1) is 11.3 Å². The molecule has 3 heterocycles. The van der Waals surface area contributed by atoms with E-state index in [0.717, 1.165) is 129 Å². The van der Waals surface area contributed by atoms with Crippen molar-refractivity contribution in [2.24, 2.45) is 0 Å². The summed E-state index contributed by atoms with van der Waals surface area (Å²) in [4.78, 5) is 0. The molecule has 0 aliphatic carbocycles. The second-order valence-electron chi connectivity index (χ2n) is 33.5. The maximum Gasteiger partial charge on any atom is 0.171 e. The Hall–Kier alpha value is -15.1. The van der Waals surface area contributed by atoms with Crippen LogP contribution in [-0.4, -0.2) is 0 Å². The van der Waals surface area contributed by atoms with Crippen LogP contribution in [-0.2, 0) is 13.7 Å². The molecule has 0 amide bonds. The Labute approximate surface area is 745 Å². The van der Waals surface area contributed by atoms with Crippen molar-refractivity contribution in [2.75, 3.05) is 0 Å². The number of furan rings is 2. The number of hydrogen-bond acceptors (Lipinski definition) is 6. The zero-order valence-corrected chi connectivity index (χ0v) is 73.1. The minimum atomic E-state index is -3.25. The van der Waals surface area contributed by atoms with Crippen LogP contribution in [0, 0.1) is 0 Å². The van der Waals surface area contributed by atoms with Crippen molar-refractivity contribution in [1.29, 1.82) is 0 Å². The third-order valence-electron chi connectivity index (χ3n) is 26.7. The fraction of sp³-hybridized carbons (Fsp3) is 0. The van der Waals surface area contributed by atoms with E-state index in [2.05, 4.69) is 249 Å². The van der Waals surface area contributed by atoms with E-state index < -0.39 is 21.4 Å². The quantitative estimate of drug-likeness (QED) is 0.106. The molecule has 0 radical (unpaired) electrons. The van der Waals surface area contributed by atoms with Gasteiger partial charge in [0.25, 0.3) is 0 Å². The Morgan fingerprint density at radius 2 is 0.411 bits per heavy atom. The predicted octanol–water partition coefficient (Wildman–Crippen LogP) is 30.0. The molecule has 129 heavy (non-hydrogen) atoms. The second-order valence-corrected chi connectivity index (χ2v) is 42.8. The zero-order chi connectivity index (χ0) is 85.6. The van der Waals surface area contributed by atoms with E-state index in [1.54, 1.807) is 11.3 Å². The first-order chi connectivity index (χ1) is 63.7. The monoisotopic (exact) mass is 1720 g/mol. The van der Waals surface area contributed by atoms with Crippen molar-refractivity contribution in [1.82, 2.24) is 0 Å². The first-order valence-corrected chi connectivity index (χ1v) is 49.6. The molecule has 0 aliphatic heterocycles. The molecule has 0 saturated heterocycles. The molecule has 0 bridgehead atoms. The van der Waals surface area contributed by atoms with Gasteiger partial charge in [0.2, 0.25) is 0 Å². The zero-order valence-electron chi connectivity index (χ0n) is 69.6. The van der Waals surface area contributed by atoms with Crippen molar-refractivity contribution >= 4 is 274 Å². The number of hydrogen-bond donors (Lipinski definition) is 0. The Bertz CT molecular complexity index is 9030. The summed E-state index contributed by atoms with van der Waals surface area (Å²) in [6.07, 6.45) is 0. The van der Waals surface area contributed by atoms with Crippen LogP contribution in [0.2, 0.25) is 0 Å². The molecule has 606 valence electrons. The van der Waals surface area contributed by atoms with Crippen LogP contribution in [0.3, 0.4) is 0 Å². The average molecular weight is 1720 g/mol. The Kier molecular flexibility index (Phi) is 18.0. The Balaban J connectivity index is 0.000000105. The normalized spacial score (nSPS) is 12.3. The summed E-state index contributed by atoms with van der Waals surface area (Å²) in [6.45, 7) is 0. The first-order valence-electron chi connectivity index (χ1n) is 43.7. The van der Waals surface area contributed by atoms with E-state index in [0.29, 0.717) is 0 Å². The van der Waals surface area contributed by atoms with Gasteiger partial charge in [-0.25, -0.2) is 0 Å². The van der Waals surface area contributed by atoms with Gasteiger partial charge in [-0.1, -0.05) is 406 Å². The van der Waals surface area contributed by atoms with Crippen molar-refractivity contribution in [2.45, 2.75) is 0 Å². The molecule has 0 N–H and O–H groups in total. The van der Waals surface area contributed by atoms with Crippen LogP contribution >= 0.6 is 32.8 Å². The van der Waals surface area contributed by atoms with Crippen LogP contribution in [0.4, 0.5) is 0 Å². The highest BCUT2D eigenvalue weighted by atomic mass is 32.1. The van der Waals surface area contributed by atoms with Crippen LogP contribution in [0.25, 0.3) is 193 Å². The van der Waals surface area contributed by atoms with Gasteiger partial charge in [-0.2, -0.15) is 0 Å². The molecule has 0 saturated carbocycles. The highest BCUT2D eigenvalue weighted by Gasteiger charge is 2.37. The molecular formula is C120H75O5P3S. The van der Waals surface area contributed by atoms with Crippen molar-refractivity contribution < 1.29 is 22.5 Å². The molecular weight excluding hydrogens is 1650 g/mol. The molecule has 24 aromatic carbocycles. The van der Waals surface area contributed by atoms with Gasteiger partial charge < -0.3 is 22.5 Å². The van der Waals surface area contributed by atoms with E-state index in [9.17, 15) is 0 Å². The minimum Gasteiger partial charge on any atom is -0.456 e. The van der Waals surface area contributed by atoms with Crippen molar-refractivity contribution in [3.63, 3.8) is 0 Å². The molecule has 0 atom stereocenters. The van der Waals surface area contributed by atoms with Crippen molar-refractivity contribution in [3.8, 4) is 0 Å². The van der Waals surface area contributed by atoms with E-state index in [1.165, 1.54) is 112 Å². The number of thiophene rings is 1. The van der Waals surface area contributed by atoms with Crippen LogP contribution < -0.4 is 47.7 Å². The van der Waals surface area contributed by atoms with Crippen LogP contribution in [0.1, 0.15) is 0 Å². The summed E-state index contributed by atoms with van der Waals surface area (Å²) in [5.41, 5.74) is 3.20. The lowest BCUT2D eigenvalue weighted by Crippen LogP contribution is -2.25. The molecule has 0 fully saturated rings. The average Bonchev–Trinajstić information content (AvgIpc) is 1.59. The van der Waals surface area contributed by atoms with Gasteiger partial charge in [0.05, 0.1) is 0 Å². The van der Waals surface area contributed by atoms with Crippen molar-refractivity contribution in [3.05, 3.63) is 455 Å². The molecule has 0 spiro atoms. The second kappa shape index (κ2) is 30.3. The predicted molar refractivity (Wildman–Crippen MR) is 555 cm³/mol. The molecule has 9 heteroatoms. The van der Waals surface area contributed by atoms with Gasteiger partial charge in [-0.3, -0.25) is 0 Å². The summed E-state index contributed by atoms with van der Waals surface area (Å²) in [5.74, 6) is 0. The lowest BCUT2D eigenvalue weighted by Gasteiger charge is -2.22. The molecule has 27 aromatic rings. The molecule has 0 unspecified atom stereocenters. The topological polar surface area (TPSA) is 77.5 Å². The fourth-order valence-corrected chi connectivity index (χ4v) is 31.0. The van der Waals surface area contributed by atoms with Gasteiger partial charge in [0, 0.05) is 100 Å². The standard InChI is InChI=1S/2C40H25O2P.C40H25OPS/c41-43(26-13-3-1-4-14-26,27-15-5-2-6-16-27)37-25-36-38(33-22-12-10-20-31(33)37)35-24-23-34-30-19-8-7-17-28(30)29-18-9-11-21-32(29)39(34)40(35)42-36;41-43(26-13-3-1-4-14-26,27-15-5-2-6-16-27)37-25-36-39(33-22-12-10-20-31(33)37)40-35(42-36)24-23-34-30-19-8-7-17-28(30)29-18-9-11-21-32(29)38(34)40;41-42(26-13-3-1-4-14-26,27-15-5-2-6-16-27)37-25-39-40(33-22-12-11-21-32(33)37)36-23-34-30-19-9-7-17-28(30)29-18-8-10-20-31(29)35(34)24-38(36)43-39/h3*1-25H. The maximum atomic E-state index is 15.6. The lowest BCUT2D eigenvalue weighted by atomic mass is 9.91. The lowest BCUT2D eigenvalue weighted by molar-refractivity contribution is 0.591. The Morgan fingerprint density at radius 1 is 0.155 bits per heavy atom. The molecule has 27 rings (SSSR count). The number of fused-ring (bicyclic) bond motifs is 35. The van der Waals surface area contributed by atoms with Gasteiger partial charge in [0.15, 0.2) is 21.4 Å². The largest absolute Gasteiger partial charge is 0.456 e.